The van der Waals surface area contributed by atoms with Crippen LogP contribution in [-0.4, -0.2) is 35.6 Å². The van der Waals surface area contributed by atoms with Crippen molar-refractivity contribution in [3.63, 3.8) is 0 Å². The highest BCUT2D eigenvalue weighted by Crippen LogP contribution is 2.60. The lowest BCUT2D eigenvalue weighted by Crippen LogP contribution is -2.42. The van der Waals surface area contributed by atoms with E-state index in [-0.39, 0.29) is 34.2 Å². The maximum Gasteiger partial charge on any atom is 0.283 e. The lowest BCUT2D eigenvalue weighted by atomic mass is 10.1. The first-order valence-electron chi connectivity index (χ1n) is 9.32. The second-order valence-electron chi connectivity index (χ2n) is 7.76. The first-order chi connectivity index (χ1) is 13.7. The number of rotatable bonds is 3. The summed E-state index contributed by atoms with van der Waals surface area (Å²) < 4.78 is 56.6. The molecule has 0 N–H and O–H groups in total. The summed E-state index contributed by atoms with van der Waals surface area (Å²) in [6.45, 7) is 1.97. The lowest BCUT2D eigenvalue weighted by molar-refractivity contribution is -0.0164. The van der Waals surface area contributed by atoms with Gasteiger partial charge in [-0.15, -0.1) is 5.10 Å². The molecule has 1 spiro atoms. The summed E-state index contributed by atoms with van der Waals surface area (Å²) in [5.74, 6) is -2.63. The third-order valence-electron chi connectivity index (χ3n) is 5.98. The molecule has 0 unspecified atom stereocenters. The Morgan fingerprint density at radius 1 is 1.07 bits per heavy atom. The Morgan fingerprint density at radius 2 is 1.76 bits per heavy atom. The third kappa shape index (κ3) is 2.55. The van der Waals surface area contributed by atoms with E-state index in [1.54, 1.807) is 35.2 Å². The van der Waals surface area contributed by atoms with Gasteiger partial charge >= 0.3 is 0 Å². The lowest BCUT2D eigenvalue weighted by Gasteiger charge is -2.27. The molecule has 2 aliphatic rings. The van der Waals surface area contributed by atoms with Gasteiger partial charge in [0.1, 0.15) is 5.54 Å². The van der Waals surface area contributed by atoms with Crippen molar-refractivity contribution in [1.82, 2.24) is 9.19 Å². The van der Waals surface area contributed by atoms with Gasteiger partial charge in [-0.05, 0) is 44.0 Å². The van der Waals surface area contributed by atoms with E-state index in [2.05, 4.69) is 5.10 Å². The zero-order valence-corrected chi connectivity index (χ0v) is 17.1. The topological polar surface area (TPSA) is 55.2 Å². The number of aromatic nitrogens is 2. The second kappa shape index (κ2) is 5.92. The van der Waals surface area contributed by atoms with Crippen LogP contribution in [0.1, 0.15) is 24.8 Å². The van der Waals surface area contributed by atoms with Gasteiger partial charge in [-0.1, -0.05) is 35.4 Å². The standard InChI is InChI=1S/C20H18ClF2N3O2S/c1-13-5-7-14(8-6-13)29(27,28)26-16-4-2-3-15(21)17(16)18(24-26)25-12-11-20(22,23)19(25)9-10-19/h2-8H,9-12H2,1H3. The van der Waals surface area contributed by atoms with Crippen molar-refractivity contribution in [1.29, 1.82) is 0 Å². The van der Waals surface area contributed by atoms with Crippen molar-refractivity contribution in [2.24, 2.45) is 0 Å². The molecule has 2 heterocycles. The fourth-order valence-corrected chi connectivity index (χ4v) is 5.75. The van der Waals surface area contributed by atoms with Gasteiger partial charge in [-0.3, -0.25) is 0 Å². The van der Waals surface area contributed by atoms with Crippen LogP contribution < -0.4 is 4.90 Å². The molecule has 0 amide bonds. The van der Waals surface area contributed by atoms with Crippen molar-refractivity contribution in [2.45, 2.75) is 42.5 Å². The first kappa shape index (κ1) is 18.8. The van der Waals surface area contributed by atoms with E-state index in [1.807, 2.05) is 6.92 Å². The number of aryl methyl sites for hydroxylation is 1. The van der Waals surface area contributed by atoms with E-state index in [0.29, 0.717) is 18.2 Å². The van der Waals surface area contributed by atoms with E-state index >= 15 is 0 Å². The molecule has 0 atom stereocenters. The minimum Gasteiger partial charge on any atom is -0.343 e. The van der Waals surface area contributed by atoms with Crippen molar-refractivity contribution >= 4 is 38.3 Å². The summed E-state index contributed by atoms with van der Waals surface area (Å²) in [7, 11) is -4.02. The maximum atomic E-state index is 14.5. The Bertz CT molecular complexity index is 1230. The van der Waals surface area contributed by atoms with E-state index < -0.39 is 21.5 Å². The van der Waals surface area contributed by atoms with Crippen molar-refractivity contribution in [2.75, 3.05) is 11.4 Å². The first-order valence-corrected chi connectivity index (χ1v) is 11.1. The minimum absolute atomic E-state index is 0.0758. The van der Waals surface area contributed by atoms with Gasteiger partial charge in [0, 0.05) is 13.0 Å². The van der Waals surface area contributed by atoms with Crippen LogP contribution in [-0.2, 0) is 10.0 Å². The van der Waals surface area contributed by atoms with E-state index in [4.69, 9.17) is 11.6 Å². The number of fused-ring (bicyclic) bond motifs is 1. The second-order valence-corrected chi connectivity index (χ2v) is 9.93. The molecule has 1 aromatic heterocycles. The number of anilines is 1. The fraction of sp³-hybridized carbons (Fsp3) is 0.350. The normalized spacial score (nSPS) is 19.9. The summed E-state index contributed by atoms with van der Waals surface area (Å²) in [4.78, 5) is 1.63. The van der Waals surface area contributed by atoms with Crippen LogP contribution in [0.25, 0.3) is 10.9 Å². The number of alkyl halides is 2. The highest BCUT2D eigenvalue weighted by atomic mass is 35.5. The molecule has 1 aliphatic carbocycles. The van der Waals surface area contributed by atoms with Gasteiger partial charge in [0.25, 0.3) is 15.9 Å². The Hall–Kier alpha value is -2.19. The van der Waals surface area contributed by atoms with Gasteiger partial charge in [0.2, 0.25) is 0 Å². The summed E-state index contributed by atoms with van der Waals surface area (Å²) >= 11 is 6.39. The molecule has 1 aliphatic heterocycles. The smallest absolute Gasteiger partial charge is 0.283 e. The molecule has 0 bridgehead atoms. The van der Waals surface area contributed by atoms with Crippen LogP contribution >= 0.6 is 11.6 Å². The number of benzene rings is 2. The van der Waals surface area contributed by atoms with Crippen LogP contribution in [0, 0.1) is 6.92 Å². The van der Waals surface area contributed by atoms with Gasteiger partial charge < -0.3 is 4.90 Å². The molecule has 3 aromatic rings. The molecular formula is C20H18ClF2N3O2S. The van der Waals surface area contributed by atoms with Crippen molar-refractivity contribution < 1.29 is 17.2 Å². The molecule has 1 saturated heterocycles. The summed E-state index contributed by atoms with van der Waals surface area (Å²) in [5.41, 5.74) is -0.0848. The molecule has 1 saturated carbocycles. The van der Waals surface area contributed by atoms with Crippen LogP contribution in [0.5, 0.6) is 0 Å². The predicted molar refractivity (Wildman–Crippen MR) is 107 cm³/mol. The molecule has 29 heavy (non-hydrogen) atoms. The van der Waals surface area contributed by atoms with Crippen LogP contribution in [0.4, 0.5) is 14.6 Å². The van der Waals surface area contributed by atoms with Crippen LogP contribution in [0.2, 0.25) is 5.02 Å². The zero-order valence-electron chi connectivity index (χ0n) is 15.6. The van der Waals surface area contributed by atoms with Gasteiger partial charge in [0.05, 0.1) is 20.8 Å². The third-order valence-corrected chi connectivity index (χ3v) is 7.90. The molecule has 9 heteroatoms. The predicted octanol–water partition coefficient (Wildman–Crippen LogP) is 4.61. The number of halogens is 3. The fourth-order valence-electron chi connectivity index (χ4n) is 4.22. The SMILES string of the molecule is Cc1ccc(S(=O)(=O)n2nc(N3CCC(F)(F)C34CC4)c3c(Cl)cccc32)cc1. The molecule has 5 nitrogen and oxygen atoms in total. The summed E-state index contributed by atoms with van der Waals surface area (Å²) in [6, 6.07) is 11.3. The molecule has 5 rings (SSSR count). The molecule has 2 fully saturated rings. The Morgan fingerprint density at radius 3 is 2.41 bits per heavy atom. The zero-order chi connectivity index (χ0) is 20.6. The Balaban J connectivity index is 1.74. The average molecular weight is 438 g/mol. The largest absolute Gasteiger partial charge is 0.343 e. The molecule has 2 aromatic carbocycles. The Labute approximate surface area is 171 Å². The molecular weight excluding hydrogens is 420 g/mol. The van der Waals surface area contributed by atoms with Crippen molar-refractivity contribution in [3.8, 4) is 0 Å². The molecule has 0 radical (unpaired) electrons. The highest BCUT2D eigenvalue weighted by molar-refractivity contribution is 7.90. The monoisotopic (exact) mass is 437 g/mol. The maximum absolute atomic E-state index is 14.5. The van der Waals surface area contributed by atoms with E-state index in [0.717, 1.165) is 9.65 Å². The van der Waals surface area contributed by atoms with Gasteiger partial charge in [0.15, 0.2) is 5.82 Å². The quantitative estimate of drug-likeness (QED) is 0.600. The summed E-state index contributed by atoms with van der Waals surface area (Å²) in [5, 5.41) is 5.01. The average Bonchev–Trinajstić information content (AvgIpc) is 3.31. The molecule has 152 valence electrons. The number of nitrogens with zero attached hydrogens (tertiary/aromatic N) is 3. The van der Waals surface area contributed by atoms with E-state index in [9.17, 15) is 17.2 Å². The van der Waals surface area contributed by atoms with Crippen LogP contribution in [0.15, 0.2) is 47.4 Å². The number of hydrogen-bond acceptors (Lipinski definition) is 4. The minimum atomic E-state index is -4.02. The van der Waals surface area contributed by atoms with Gasteiger partial charge in [-0.2, -0.15) is 12.5 Å². The van der Waals surface area contributed by atoms with Crippen LogP contribution in [0.3, 0.4) is 0 Å². The highest BCUT2D eigenvalue weighted by Gasteiger charge is 2.69. The van der Waals surface area contributed by atoms with E-state index in [1.165, 1.54) is 12.1 Å². The number of hydrogen-bond donors (Lipinski definition) is 0. The summed E-state index contributed by atoms with van der Waals surface area (Å²) in [6.07, 6.45) is 0.420. The Kier molecular flexibility index (Phi) is 3.84. The van der Waals surface area contributed by atoms with Crippen molar-refractivity contribution in [3.05, 3.63) is 53.1 Å². The van der Waals surface area contributed by atoms with Gasteiger partial charge in [-0.25, -0.2) is 8.78 Å².